The number of azo groups is 1. The lowest BCUT2D eigenvalue weighted by Crippen LogP contribution is -2.28. The molecular formula is C18H19ClN6O7S2. The minimum absolute atomic E-state index is 0.169. The molecule has 16 heteroatoms. The van der Waals surface area contributed by atoms with E-state index in [9.17, 15) is 21.9 Å². The van der Waals surface area contributed by atoms with Gasteiger partial charge < -0.3 is 10.8 Å². The van der Waals surface area contributed by atoms with Crippen molar-refractivity contribution in [2.45, 2.75) is 11.8 Å². The van der Waals surface area contributed by atoms with Crippen molar-refractivity contribution in [2.75, 3.05) is 18.9 Å². The van der Waals surface area contributed by atoms with Crippen LogP contribution in [0.2, 0.25) is 5.02 Å². The number of aromatic nitrogens is 2. The lowest BCUT2D eigenvalue weighted by Gasteiger charge is -2.09. The standard InChI is InChI=1S/C18H19ClN6O7S2/c1-11-16(18(20)25(24-11)12-5-3-2-4-6-12)23-22-15-10-13(9-14(19)17(15)26)33(27,28)21-7-8-32-34(29,30)31/h2-6,9-10,21,26H,7-8,20H2,1H3,(H,29,30,31). The van der Waals surface area contributed by atoms with Crippen molar-refractivity contribution in [3.05, 3.63) is 53.2 Å². The van der Waals surface area contributed by atoms with Crippen LogP contribution in [-0.2, 0) is 24.6 Å². The normalized spacial score (nSPS) is 12.4. The molecule has 0 bridgehead atoms. The number of benzene rings is 2. The highest BCUT2D eigenvalue weighted by Gasteiger charge is 2.20. The molecule has 13 nitrogen and oxygen atoms in total. The first-order valence-electron chi connectivity index (χ1n) is 9.35. The molecule has 3 rings (SSSR count). The highest BCUT2D eigenvalue weighted by Crippen LogP contribution is 2.38. The van der Waals surface area contributed by atoms with Crippen LogP contribution in [0.25, 0.3) is 5.69 Å². The number of nitrogen functional groups attached to an aromatic ring is 1. The molecule has 0 atom stereocenters. The zero-order valence-corrected chi connectivity index (χ0v) is 19.8. The Balaban J connectivity index is 1.88. The quantitative estimate of drug-likeness (QED) is 0.182. The maximum absolute atomic E-state index is 12.5. The van der Waals surface area contributed by atoms with Gasteiger partial charge in [0.15, 0.2) is 17.3 Å². The van der Waals surface area contributed by atoms with Crippen LogP contribution >= 0.6 is 11.6 Å². The van der Waals surface area contributed by atoms with Gasteiger partial charge in [-0.1, -0.05) is 29.8 Å². The summed E-state index contributed by atoms with van der Waals surface area (Å²) < 4.78 is 62.2. The van der Waals surface area contributed by atoms with Gasteiger partial charge in [-0.05, 0) is 31.2 Å². The maximum Gasteiger partial charge on any atom is 0.397 e. The lowest BCUT2D eigenvalue weighted by atomic mass is 10.3. The summed E-state index contributed by atoms with van der Waals surface area (Å²) in [4.78, 5) is -0.388. The van der Waals surface area contributed by atoms with Crippen molar-refractivity contribution in [1.82, 2.24) is 14.5 Å². The van der Waals surface area contributed by atoms with Gasteiger partial charge in [0.2, 0.25) is 10.0 Å². The van der Waals surface area contributed by atoms with E-state index in [1.807, 2.05) is 18.2 Å². The van der Waals surface area contributed by atoms with Crippen LogP contribution in [-0.4, -0.2) is 49.4 Å². The van der Waals surface area contributed by atoms with Crippen molar-refractivity contribution in [1.29, 1.82) is 0 Å². The van der Waals surface area contributed by atoms with Gasteiger partial charge in [-0.15, -0.1) is 10.2 Å². The van der Waals surface area contributed by atoms with Crippen molar-refractivity contribution in [2.24, 2.45) is 10.2 Å². The van der Waals surface area contributed by atoms with Crippen LogP contribution in [0.4, 0.5) is 17.2 Å². The number of sulfonamides is 1. The Morgan fingerprint density at radius 2 is 1.85 bits per heavy atom. The number of hydrogen-bond acceptors (Lipinski definition) is 10. The van der Waals surface area contributed by atoms with E-state index >= 15 is 0 Å². The highest BCUT2D eigenvalue weighted by molar-refractivity contribution is 7.89. The number of rotatable bonds is 9. The summed E-state index contributed by atoms with van der Waals surface area (Å²) in [6, 6.07) is 11.0. The first-order valence-corrected chi connectivity index (χ1v) is 12.6. The largest absolute Gasteiger partial charge is 0.504 e. The number of aromatic hydroxyl groups is 1. The molecular weight excluding hydrogens is 512 g/mol. The molecule has 0 aliphatic rings. The molecule has 0 fully saturated rings. The van der Waals surface area contributed by atoms with E-state index in [0.717, 1.165) is 12.1 Å². The molecule has 2 aromatic carbocycles. The van der Waals surface area contributed by atoms with Crippen LogP contribution in [0, 0.1) is 6.92 Å². The molecule has 5 N–H and O–H groups in total. The van der Waals surface area contributed by atoms with E-state index in [2.05, 4.69) is 24.2 Å². The van der Waals surface area contributed by atoms with E-state index in [1.165, 1.54) is 4.68 Å². The molecule has 34 heavy (non-hydrogen) atoms. The number of hydrogen-bond donors (Lipinski definition) is 4. The second kappa shape index (κ2) is 10.0. The van der Waals surface area contributed by atoms with Crippen molar-refractivity contribution in [3.63, 3.8) is 0 Å². The van der Waals surface area contributed by atoms with E-state index in [0.29, 0.717) is 11.4 Å². The Morgan fingerprint density at radius 3 is 2.50 bits per heavy atom. The fraction of sp³-hybridized carbons (Fsp3) is 0.167. The van der Waals surface area contributed by atoms with Gasteiger partial charge in [-0.3, -0.25) is 4.55 Å². The molecule has 0 amide bonds. The molecule has 0 unspecified atom stereocenters. The molecule has 0 aliphatic heterocycles. The van der Waals surface area contributed by atoms with Gasteiger partial charge in [0.25, 0.3) is 0 Å². The van der Waals surface area contributed by atoms with Crippen LogP contribution in [0.3, 0.4) is 0 Å². The molecule has 0 aliphatic carbocycles. The zero-order chi connectivity index (χ0) is 25.1. The molecule has 0 radical (unpaired) electrons. The van der Waals surface area contributed by atoms with E-state index in [4.69, 9.17) is 21.9 Å². The number of halogens is 1. The predicted octanol–water partition coefficient (Wildman–Crippen LogP) is 2.64. The van der Waals surface area contributed by atoms with Gasteiger partial charge in [0, 0.05) is 6.54 Å². The Kier molecular flexibility index (Phi) is 7.54. The number of nitrogens with one attached hydrogen (secondary N) is 1. The minimum Gasteiger partial charge on any atom is -0.504 e. The molecule has 182 valence electrons. The van der Waals surface area contributed by atoms with Gasteiger partial charge >= 0.3 is 10.4 Å². The topological polar surface area (TPSA) is 199 Å². The number of nitrogens with zero attached hydrogens (tertiary/aromatic N) is 4. The number of phenolic OH excluding ortho intramolecular Hbond substituents is 1. The monoisotopic (exact) mass is 530 g/mol. The summed E-state index contributed by atoms with van der Waals surface area (Å²) in [5, 5.41) is 22.1. The summed E-state index contributed by atoms with van der Waals surface area (Å²) in [7, 11) is -8.93. The van der Waals surface area contributed by atoms with Crippen molar-refractivity contribution < 1.29 is 30.7 Å². The Bertz CT molecular complexity index is 1440. The summed E-state index contributed by atoms with van der Waals surface area (Å²) in [6.07, 6.45) is 0. The van der Waals surface area contributed by atoms with E-state index in [1.54, 1.807) is 19.1 Å². The van der Waals surface area contributed by atoms with Gasteiger partial charge in [0.05, 0.1) is 27.9 Å². The Labute approximate surface area is 199 Å². The number of nitrogens with two attached hydrogens (primary N) is 1. The molecule has 0 saturated carbocycles. The fourth-order valence-corrected chi connectivity index (χ4v) is 4.36. The minimum atomic E-state index is -4.72. The summed E-state index contributed by atoms with van der Waals surface area (Å²) in [5.74, 6) is -0.354. The second-order valence-corrected chi connectivity index (χ2v) is 9.95. The van der Waals surface area contributed by atoms with Crippen molar-refractivity contribution in [3.8, 4) is 11.4 Å². The first-order chi connectivity index (χ1) is 15.9. The fourth-order valence-electron chi connectivity index (χ4n) is 2.73. The molecule has 0 saturated heterocycles. The van der Waals surface area contributed by atoms with Crippen LogP contribution in [0.1, 0.15) is 5.69 Å². The van der Waals surface area contributed by atoms with Crippen LogP contribution < -0.4 is 10.5 Å². The third kappa shape index (κ3) is 6.07. The number of phenols is 1. The summed E-state index contributed by atoms with van der Waals surface area (Å²) in [5.41, 5.74) is 7.20. The van der Waals surface area contributed by atoms with Gasteiger partial charge in [0.1, 0.15) is 5.69 Å². The summed E-state index contributed by atoms with van der Waals surface area (Å²) in [6.45, 7) is 0.517. The third-order valence-corrected chi connectivity index (χ3v) is 6.47. The van der Waals surface area contributed by atoms with E-state index < -0.39 is 39.3 Å². The smallest absolute Gasteiger partial charge is 0.397 e. The van der Waals surface area contributed by atoms with Crippen molar-refractivity contribution >= 4 is 49.2 Å². The predicted molar refractivity (Wildman–Crippen MR) is 123 cm³/mol. The van der Waals surface area contributed by atoms with Crippen LogP contribution in [0.15, 0.2) is 57.6 Å². The first kappa shape index (κ1) is 25.5. The average Bonchev–Trinajstić information content (AvgIpc) is 3.05. The molecule has 1 aromatic heterocycles. The number of para-hydroxylation sites is 1. The van der Waals surface area contributed by atoms with E-state index in [-0.39, 0.29) is 27.1 Å². The second-order valence-electron chi connectivity index (χ2n) is 6.69. The number of aryl methyl sites for hydroxylation is 1. The third-order valence-electron chi connectivity index (χ3n) is 4.28. The zero-order valence-electron chi connectivity index (χ0n) is 17.5. The SMILES string of the molecule is Cc1nn(-c2ccccc2)c(N)c1N=Nc1cc(S(=O)(=O)NCCOS(=O)(=O)O)cc(Cl)c1O. The van der Waals surface area contributed by atoms with Gasteiger partial charge in [-0.2, -0.15) is 13.5 Å². The highest BCUT2D eigenvalue weighted by atomic mass is 35.5. The number of anilines is 1. The maximum atomic E-state index is 12.5. The Morgan fingerprint density at radius 1 is 1.18 bits per heavy atom. The molecule has 0 spiro atoms. The lowest BCUT2D eigenvalue weighted by molar-refractivity contribution is 0.272. The Hall–Kier alpha value is -3.08. The van der Waals surface area contributed by atoms with Gasteiger partial charge in [-0.25, -0.2) is 22.0 Å². The van der Waals surface area contributed by atoms with Crippen LogP contribution in [0.5, 0.6) is 5.75 Å². The average molecular weight is 531 g/mol. The molecule has 1 heterocycles. The molecule has 3 aromatic rings. The summed E-state index contributed by atoms with van der Waals surface area (Å²) >= 11 is 5.95.